The highest BCUT2D eigenvalue weighted by Gasteiger charge is 2.25. The number of aryl methyl sites for hydroxylation is 2. The number of anilines is 2. The molecule has 6 rings (SSSR count). The molecule has 7 heteroatoms. The number of ether oxygens (including phenoxy) is 1. The molecule has 2 N–H and O–H groups in total. The minimum absolute atomic E-state index is 0.517. The lowest BCUT2D eigenvalue weighted by atomic mass is 9.99. The van der Waals surface area contributed by atoms with Crippen LogP contribution in [-0.4, -0.2) is 65.1 Å². The summed E-state index contributed by atoms with van der Waals surface area (Å²) in [5, 5.41) is 14.7. The summed E-state index contributed by atoms with van der Waals surface area (Å²) < 4.78 is 6.15. The van der Waals surface area contributed by atoms with Crippen LogP contribution in [0.4, 0.5) is 11.4 Å². The van der Waals surface area contributed by atoms with Crippen LogP contribution in [0.1, 0.15) is 48.9 Å². The van der Waals surface area contributed by atoms with Crippen LogP contribution in [0.2, 0.25) is 0 Å². The van der Waals surface area contributed by atoms with E-state index in [9.17, 15) is 5.26 Å². The molecule has 4 aromatic rings. The normalized spacial score (nSPS) is 17.0. The van der Waals surface area contributed by atoms with Gasteiger partial charge in [-0.2, -0.15) is 5.26 Å². The number of fused-ring (bicyclic) bond motifs is 1. The number of nitriles is 1. The number of nitrogens with zero attached hydrogens (tertiary/aromatic N) is 4. The van der Waals surface area contributed by atoms with Gasteiger partial charge in [-0.3, -0.25) is 9.88 Å². The Morgan fingerprint density at radius 2 is 1.78 bits per heavy atom. The molecule has 2 aromatic carbocycles. The number of pyridine rings is 1. The Hall–Kier alpha value is -3.86. The molecule has 41 heavy (non-hydrogen) atoms. The average molecular weight is 549 g/mol. The maximum absolute atomic E-state index is 9.93. The zero-order valence-electron chi connectivity index (χ0n) is 24.2. The van der Waals surface area contributed by atoms with E-state index in [1.54, 1.807) is 6.20 Å². The van der Waals surface area contributed by atoms with Gasteiger partial charge in [0.15, 0.2) is 0 Å². The lowest BCUT2D eigenvalue weighted by Crippen LogP contribution is -2.47. The number of H-pyrrole nitrogens is 1. The standard InChI is InChI=1S/C34H40N6O/c1-24-30-12-15-36-32(30)11-10-31(24)38-34-27(22-35)23-37-25(2)33(34)26-6-8-29(9-7-26)41-21-20-39-18-13-28(14-19-39)40-16-4-3-5-17-40/h6-12,15,23,28,36H,3-5,13-14,16-21H2,1-2H3,(H,37,38). The van der Waals surface area contributed by atoms with E-state index in [1.807, 2.05) is 25.3 Å². The number of hydrogen-bond acceptors (Lipinski definition) is 6. The number of aromatic amines is 1. The second-order valence-corrected chi connectivity index (χ2v) is 11.5. The summed E-state index contributed by atoms with van der Waals surface area (Å²) in [6.07, 6.45) is 10.3. The van der Waals surface area contributed by atoms with Crippen molar-refractivity contribution in [3.63, 3.8) is 0 Å². The van der Waals surface area contributed by atoms with Gasteiger partial charge in [-0.05, 0) is 107 Å². The first-order valence-corrected chi connectivity index (χ1v) is 15.0. The molecule has 2 aliphatic heterocycles. The van der Waals surface area contributed by atoms with Crippen LogP contribution < -0.4 is 10.1 Å². The summed E-state index contributed by atoms with van der Waals surface area (Å²) in [5.41, 5.74) is 7.30. The molecule has 2 aromatic heterocycles. The number of benzene rings is 2. The molecule has 0 aliphatic carbocycles. The molecule has 0 atom stereocenters. The minimum Gasteiger partial charge on any atom is -0.492 e. The van der Waals surface area contributed by atoms with Gasteiger partial charge in [0, 0.05) is 52.8 Å². The Morgan fingerprint density at radius 1 is 1.00 bits per heavy atom. The SMILES string of the molecule is Cc1ncc(C#N)c(Nc2ccc3[nH]ccc3c2C)c1-c1ccc(OCCN2CCC(N3CCCCC3)CC2)cc1. The maximum Gasteiger partial charge on any atom is 0.119 e. The summed E-state index contributed by atoms with van der Waals surface area (Å²) in [6, 6.07) is 17.5. The first-order chi connectivity index (χ1) is 20.1. The summed E-state index contributed by atoms with van der Waals surface area (Å²) in [4.78, 5) is 13.1. The van der Waals surface area contributed by atoms with Crippen LogP contribution in [-0.2, 0) is 0 Å². The molecular formula is C34H40N6O. The van der Waals surface area contributed by atoms with Crippen LogP contribution >= 0.6 is 0 Å². The molecule has 0 spiro atoms. The molecule has 0 radical (unpaired) electrons. The third kappa shape index (κ3) is 5.95. The van der Waals surface area contributed by atoms with Crippen molar-refractivity contribution >= 4 is 22.3 Å². The van der Waals surface area contributed by atoms with Crippen molar-refractivity contribution < 1.29 is 4.74 Å². The van der Waals surface area contributed by atoms with Gasteiger partial charge < -0.3 is 19.9 Å². The quantitative estimate of drug-likeness (QED) is 0.252. The monoisotopic (exact) mass is 548 g/mol. The molecule has 2 saturated heterocycles. The van der Waals surface area contributed by atoms with Gasteiger partial charge in [0.1, 0.15) is 18.4 Å². The van der Waals surface area contributed by atoms with Crippen molar-refractivity contribution in [2.75, 3.05) is 44.6 Å². The molecule has 0 saturated carbocycles. The fourth-order valence-electron chi connectivity index (χ4n) is 6.53. The third-order valence-electron chi connectivity index (χ3n) is 8.94. The maximum atomic E-state index is 9.93. The summed E-state index contributed by atoms with van der Waals surface area (Å²) in [5.74, 6) is 0.863. The smallest absolute Gasteiger partial charge is 0.119 e. The minimum atomic E-state index is 0.517. The Balaban J connectivity index is 1.11. The average Bonchev–Trinajstić information content (AvgIpc) is 3.50. The number of piperidine rings is 2. The first-order valence-electron chi connectivity index (χ1n) is 15.0. The molecule has 4 heterocycles. The molecule has 212 valence electrons. The van der Waals surface area contributed by atoms with E-state index < -0.39 is 0 Å². The summed E-state index contributed by atoms with van der Waals surface area (Å²) >= 11 is 0. The number of aromatic nitrogens is 2. The zero-order valence-corrected chi connectivity index (χ0v) is 24.2. The van der Waals surface area contributed by atoms with Gasteiger partial charge in [0.2, 0.25) is 0 Å². The highest BCUT2D eigenvalue weighted by molar-refractivity contribution is 5.92. The van der Waals surface area contributed by atoms with E-state index in [0.717, 1.165) is 76.1 Å². The van der Waals surface area contributed by atoms with Crippen LogP contribution in [0.3, 0.4) is 0 Å². The topological polar surface area (TPSA) is 80.2 Å². The van der Waals surface area contributed by atoms with Crippen LogP contribution in [0.5, 0.6) is 5.75 Å². The highest BCUT2D eigenvalue weighted by atomic mass is 16.5. The van der Waals surface area contributed by atoms with Crippen LogP contribution in [0.25, 0.3) is 22.0 Å². The van der Waals surface area contributed by atoms with E-state index in [2.05, 4.69) is 68.4 Å². The number of likely N-dealkylation sites (tertiary alicyclic amines) is 2. The molecule has 0 amide bonds. The predicted molar refractivity (Wildman–Crippen MR) is 166 cm³/mol. The summed E-state index contributed by atoms with van der Waals surface area (Å²) in [7, 11) is 0. The molecule has 2 fully saturated rings. The first kappa shape index (κ1) is 27.3. The number of nitrogens with one attached hydrogen (secondary N) is 2. The van der Waals surface area contributed by atoms with Crippen molar-refractivity contribution in [2.45, 2.75) is 52.0 Å². The fourth-order valence-corrected chi connectivity index (χ4v) is 6.53. The van der Waals surface area contributed by atoms with Gasteiger partial charge >= 0.3 is 0 Å². The lowest BCUT2D eigenvalue weighted by molar-refractivity contribution is 0.0858. The second-order valence-electron chi connectivity index (χ2n) is 11.5. The Morgan fingerprint density at radius 3 is 2.54 bits per heavy atom. The zero-order chi connectivity index (χ0) is 28.2. The van der Waals surface area contributed by atoms with E-state index in [4.69, 9.17) is 4.74 Å². The van der Waals surface area contributed by atoms with Crippen molar-refractivity contribution in [2.24, 2.45) is 0 Å². The third-order valence-corrected chi connectivity index (χ3v) is 8.94. The molecular weight excluding hydrogens is 508 g/mol. The van der Waals surface area contributed by atoms with Crippen molar-refractivity contribution in [3.05, 3.63) is 71.7 Å². The van der Waals surface area contributed by atoms with Crippen LogP contribution in [0, 0.1) is 25.2 Å². The van der Waals surface area contributed by atoms with Gasteiger partial charge in [0.25, 0.3) is 0 Å². The van der Waals surface area contributed by atoms with E-state index in [1.165, 1.54) is 45.2 Å². The predicted octanol–water partition coefficient (Wildman–Crippen LogP) is 6.79. The molecule has 0 unspecified atom stereocenters. The largest absolute Gasteiger partial charge is 0.492 e. The van der Waals surface area contributed by atoms with Gasteiger partial charge in [0.05, 0.1) is 11.3 Å². The van der Waals surface area contributed by atoms with Crippen molar-refractivity contribution in [1.82, 2.24) is 19.8 Å². The van der Waals surface area contributed by atoms with Crippen LogP contribution in [0.15, 0.2) is 54.9 Å². The van der Waals surface area contributed by atoms with Gasteiger partial charge in [-0.25, -0.2) is 0 Å². The van der Waals surface area contributed by atoms with Crippen molar-refractivity contribution in [3.8, 4) is 22.9 Å². The van der Waals surface area contributed by atoms with Gasteiger partial charge in [-0.1, -0.05) is 18.6 Å². The molecule has 7 nitrogen and oxygen atoms in total. The van der Waals surface area contributed by atoms with Crippen molar-refractivity contribution in [1.29, 1.82) is 5.26 Å². The van der Waals surface area contributed by atoms with E-state index in [0.29, 0.717) is 12.2 Å². The number of rotatable bonds is 8. The second kappa shape index (κ2) is 12.3. The van der Waals surface area contributed by atoms with Gasteiger partial charge in [-0.15, -0.1) is 0 Å². The van der Waals surface area contributed by atoms with E-state index >= 15 is 0 Å². The fraction of sp³-hybridized carbons (Fsp3) is 0.412. The van der Waals surface area contributed by atoms with E-state index in [-0.39, 0.29) is 0 Å². The Bertz CT molecular complexity index is 1520. The Kier molecular flexibility index (Phi) is 8.22. The highest BCUT2D eigenvalue weighted by Crippen LogP contribution is 2.37. The molecule has 0 bridgehead atoms. The number of hydrogen-bond donors (Lipinski definition) is 2. The summed E-state index contributed by atoms with van der Waals surface area (Å²) in [6.45, 7) is 10.6. The molecule has 2 aliphatic rings. The Labute approximate surface area is 243 Å². The lowest BCUT2D eigenvalue weighted by Gasteiger charge is -2.40.